The summed E-state index contributed by atoms with van der Waals surface area (Å²) in [7, 11) is 0. The highest BCUT2D eigenvalue weighted by Crippen LogP contribution is 2.35. The zero-order chi connectivity index (χ0) is 27.2. The minimum atomic E-state index is -0.159. The number of nitrogens with one attached hydrogen (secondary N) is 1. The molecule has 0 atom stereocenters. The highest BCUT2D eigenvalue weighted by Gasteiger charge is 2.19. The maximum Gasteiger partial charge on any atom is 0.223 e. The van der Waals surface area contributed by atoms with E-state index in [4.69, 9.17) is 15.8 Å². The van der Waals surface area contributed by atoms with Gasteiger partial charge in [0.25, 0.3) is 0 Å². The number of carbonyl (C=O) groups is 1. The number of fused-ring (bicyclic) bond motifs is 3. The van der Waals surface area contributed by atoms with Gasteiger partial charge in [0.15, 0.2) is 10.8 Å². The number of hydrogen-bond donors (Lipinski definition) is 2. The number of para-hydroxylation sites is 1. The van der Waals surface area contributed by atoms with Crippen molar-refractivity contribution in [2.45, 2.75) is 13.5 Å². The van der Waals surface area contributed by atoms with E-state index in [1.54, 1.807) is 0 Å². The van der Waals surface area contributed by atoms with Crippen molar-refractivity contribution in [3.63, 3.8) is 0 Å². The number of anilines is 2. The summed E-state index contributed by atoms with van der Waals surface area (Å²) in [5.41, 5.74) is 13.3. The van der Waals surface area contributed by atoms with E-state index in [1.165, 1.54) is 24.6 Å². The van der Waals surface area contributed by atoms with Crippen molar-refractivity contribution in [1.29, 1.82) is 0 Å². The van der Waals surface area contributed by atoms with E-state index in [-0.39, 0.29) is 5.91 Å². The Morgan fingerprint density at radius 3 is 2.60 bits per heavy atom. The molecule has 0 fully saturated rings. The molecule has 0 saturated carbocycles. The smallest absolute Gasteiger partial charge is 0.223 e. The second-order valence-electron chi connectivity index (χ2n) is 9.40. The molecular weight excluding hydrogens is 520 g/mol. The van der Waals surface area contributed by atoms with Crippen molar-refractivity contribution in [1.82, 2.24) is 29.7 Å². The number of rotatable bonds is 5. The number of benzene rings is 3. The van der Waals surface area contributed by atoms with Crippen molar-refractivity contribution in [3.8, 4) is 22.5 Å². The van der Waals surface area contributed by atoms with E-state index in [0.717, 1.165) is 43.5 Å². The minimum Gasteiger partial charge on any atom is -0.383 e. The Labute approximate surface area is 232 Å². The summed E-state index contributed by atoms with van der Waals surface area (Å²) in [5, 5.41) is 10.1. The summed E-state index contributed by atoms with van der Waals surface area (Å²) in [6, 6.07) is 26.2. The molecule has 10 heteroatoms. The molecular formula is C30H22N8OS. The molecule has 4 heterocycles. The predicted octanol–water partition coefficient (Wildman–Crippen LogP) is 5.91. The number of nitrogens with zero attached hydrogens (tertiary/aromatic N) is 6. The molecule has 0 aliphatic rings. The maximum atomic E-state index is 11.5. The number of hydrogen-bond acceptors (Lipinski definition) is 8. The van der Waals surface area contributed by atoms with Gasteiger partial charge in [-0.05, 0) is 29.8 Å². The van der Waals surface area contributed by atoms with Crippen LogP contribution >= 0.6 is 11.3 Å². The van der Waals surface area contributed by atoms with Gasteiger partial charge >= 0.3 is 0 Å². The van der Waals surface area contributed by atoms with Gasteiger partial charge in [0.05, 0.1) is 33.4 Å². The van der Waals surface area contributed by atoms with Crippen LogP contribution in [0.2, 0.25) is 0 Å². The zero-order valence-electron chi connectivity index (χ0n) is 21.4. The lowest BCUT2D eigenvalue weighted by atomic mass is 10.0. The molecule has 0 aliphatic carbocycles. The Hall–Kier alpha value is -5.22. The molecule has 9 nitrogen and oxygen atoms in total. The van der Waals surface area contributed by atoms with Gasteiger partial charge in [-0.25, -0.2) is 24.6 Å². The molecule has 0 bridgehead atoms. The van der Waals surface area contributed by atoms with Crippen LogP contribution in [0, 0.1) is 0 Å². The molecule has 3 N–H and O–H groups in total. The van der Waals surface area contributed by atoms with Gasteiger partial charge in [-0.2, -0.15) is 5.10 Å². The molecule has 0 aliphatic heterocycles. The molecule has 40 heavy (non-hydrogen) atoms. The third-order valence-electron chi connectivity index (χ3n) is 6.69. The first kappa shape index (κ1) is 23.9. The molecule has 0 saturated heterocycles. The van der Waals surface area contributed by atoms with Crippen LogP contribution in [0.4, 0.5) is 10.9 Å². The normalized spacial score (nSPS) is 11.4. The molecule has 7 aromatic rings. The second-order valence-corrected chi connectivity index (χ2v) is 10.4. The van der Waals surface area contributed by atoms with Crippen molar-refractivity contribution in [2.75, 3.05) is 11.1 Å². The van der Waals surface area contributed by atoms with Gasteiger partial charge in [-0.1, -0.05) is 65.9 Å². The topological polar surface area (TPSA) is 124 Å². The highest BCUT2D eigenvalue weighted by atomic mass is 32.1. The Morgan fingerprint density at radius 1 is 0.925 bits per heavy atom. The molecule has 0 spiro atoms. The average molecular weight is 543 g/mol. The third kappa shape index (κ3) is 4.20. The third-order valence-corrected chi connectivity index (χ3v) is 7.63. The molecule has 3 aromatic carbocycles. The van der Waals surface area contributed by atoms with Crippen LogP contribution in [0.1, 0.15) is 12.5 Å². The van der Waals surface area contributed by atoms with E-state index in [0.29, 0.717) is 34.2 Å². The first-order valence-corrected chi connectivity index (χ1v) is 13.4. The van der Waals surface area contributed by atoms with E-state index >= 15 is 0 Å². The predicted molar refractivity (Wildman–Crippen MR) is 159 cm³/mol. The summed E-state index contributed by atoms with van der Waals surface area (Å²) < 4.78 is 2.80. The number of carbonyl (C=O) groups excluding carboxylic acids is 1. The minimum absolute atomic E-state index is 0.159. The van der Waals surface area contributed by atoms with E-state index < -0.39 is 0 Å². The molecule has 0 unspecified atom stereocenters. The number of thiazole rings is 1. The van der Waals surface area contributed by atoms with Gasteiger partial charge in [-0.3, -0.25) is 4.79 Å². The summed E-state index contributed by atoms with van der Waals surface area (Å²) in [4.78, 5) is 29.8. The lowest BCUT2D eigenvalue weighted by Crippen LogP contribution is -2.05. The summed E-state index contributed by atoms with van der Waals surface area (Å²) in [5.74, 6) is 0.201. The first-order chi connectivity index (χ1) is 19.5. The zero-order valence-corrected chi connectivity index (χ0v) is 22.2. The van der Waals surface area contributed by atoms with E-state index in [1.807, 2.05) is 59.3 Å². The van der Waals surface area contributed by atoms with Crippen molar-refractivity contribution in [2.24, 2.45) is 0 Å². The lowest BCUT2D eigenvalue weighted by molar-refractivity contribution is -0.114. The van der Waals surface area contributed by atoms with Crippen LogP contribution < -0.4 is 11.1 Å². The highest BCUT2D eigenvalue weighted by molar-refractivity contribution is 7.22. The monoisotopic (exact) mass is 542 g/mol. The van der Waals surface area contributed by atoms with E-state index in [9.17, 15) is 4.79 Å². The fourth-order valence-corrected chi connectivity index (χ4v) is 5.87. The lowest BCUT2D eigenvalue weighted by Gasteiger charge is -2.11. The Kier molecular flexibility index (Phi) is 5.67. The first-order valence-electron chi connectivity index (χ1n) is 12.6. The fourth-order valence-electron chi connectivity index (χ4n) is 4.92. The summed E-state index contributed by atoms with van der Waals surface area (Å²) in [6.07, 6.45) is 1.46. The van der Waals surface area contributed by atoms with Crippen LogP contribution in [0.25, 0.3) is 54.7 Å². The standard InChI is InChI=1S/C30H22N8OS/c1-17(39)34-30-36-23-12-11-19(14-25(23)40-30)27-26-28(31)32-16-33-29(26)38(37-27)15-20-13-24(18-7-3-2-4-8-18)35-22-10-6-5-9-21(20)22/h2-14,16H,15H2,1H3,(H2,31,32,33)(H,34,36,39). The summed E-state index contributed by atoms with van der Waals surface area (Å²) >= 11 is 1.41. The van der Waals surface area contributed by atoms with Crippen LogP contribution in [-0.2, 0) is 11.3 Å². The largest absolute Gasteiger partial charge is 0.383 e. The van der Waals surface area contributed by atoms with Crippen LogP contribution in [0.15, 0.2) is 85.2 Å². The second kappa shape index (κ2) is 9.51. The molecule has 194 valence electrons. The van der Waals surface area contributed by atoms with Crippen molar-refractivity contribution >= 4 is 60.3 Å². The molecule has 7 rings (SSSR count). The Morgan fingerprint density at radius 2 is 1.75 bits per heavy atom. The average Bonchev–Trinajstić information content (AvgIpc) is 3.54. The number of aromatic nitrogens is 6. The van der Waals surface area contributed by atoms with Gasteiger partial charge in [-0.15, -0.1) is 0 Å². The Bertz CT molecular complexity index is 2070. The quantitative estimate of drug-likeness (QED) is 0.277. The number of pyridine rings is 1. The molecule has 1 amide bonds. The number of amides is 1. The van der Waals surface area contributed by atoms with Gasteiger partial charge in [0, 0.05) is 23.4 Å². The van der Waals surface area contributed by atoms with Crippen molar-refractivity contribution in [3.05, 3.63) is 90.8 Å². The van der Waals surface area contributed by atoms with Gasteiger partial charge in [0.2, 0.25) is 5.91 Å². The van der Waals surface area contributed by atoms with Crippen molar-refractivity contribution < 1.29 is 4.79 Å². The number of nitrogen functional groups attached to an aromatic ring is 1. The number of nitrogens with two attached hydrogens (primary N) is 1. The van der Waals surface area contributed by atoms with Crippen LogP contribution in [-0.4, -0.2) is 35.6 Å². The Balaban J connectivity index is 1.37. The van der Waals surface area contributed by atoms with Crippen LogP contribution in [0.3, 0.4) is 0 Å². The summed E-state index contributed by atoms with van der Waals surface area (Å²) in [6.45, 7) is 1.93. The molecule has 0 radical (unpaired) electrons. The fraction of sp³-hybridized carbons (Fsp3) is 0.0667. The van der Waals surface area contributed by atoms with Crippen LogP contribution in [0.5, 0.6) is 0 Å². The molecule has 4 aromatic heterocycles. The van der Waals surface area contributed by atoms with Gasteiger partial charge in [0.1, 0.15) is 17.8 Å². The maximum absolute atomic E-state index is 11.5. The van der Waals surface area contributed by atoms with E-state index in [2.05, 4.69) is 44.5 Å². The SMILES string of the molecule is CC(=O)Nc1nc2ccc(-c3nn(Cc4cc(-c5ccccc5)nc5ccccc45)c4ncnc(N)c34)cc2s1. The van der Waals surface area contributed by atoms with Gasteiger partial charge < -0.3 is 11.1 Å².